The number of thiocarbonyl (C=S) groups is 1. The molecule has 0 spiro atoms. The van der Waals surface area contributed by atoms with Crippen molar-refractivity contribution in [2.75, 3.05) is 13.1 Å². The van der Waals surface area contributed by atoms with E-state index in [1.165, 1.54) is 0 Å². The van der Waals surface area contributed by atoms with E-state index in [2.05, 4.69) is 15.5 Å². The number of furan rings is 1. The van der Waals surface area contributed by atoms with E-state index in [1.807, 2.05) is 42.5 Å². The summed E-state index contributed by atoms with van der Waals surface area (Å²) in [6, 6.07) is 13.3. The van der Waals surface area contributed by atoms with Gasteiger partial charge in [0.05, 0.1) is 12.8 Å². The summed E-state index contributed by atoms with van der Waals surface area (Å²) in [4.78, 5) is 14.3. The summed E-state index contributed by atoms with van der Waals surface area (Å²) in [5.41, 5.74) is 0.704. The summed E-state index contributed by atoms with van der Waals surface area (Å²) >= 11 is 5.44. The average molecular weight is 343 g/mol. The van der Waals surface area contributed by atoms with Crippen LogP contribution in [0.5, 0.6) is 0 Å². The van der Waals surface area contributed by atoms with Crippen LogP contribution in [0.3, 0.4) is 0 Å². The number of likely N-dealkylation sites (tertiary alicyclic amines) is 1. The molecule has 1 aromatic carbocycles. The number of nitrogens with zero attached hydrogens (tertiary/aromatic N) is 1. The predicted octanol–water partition coefficient (Wildman–Crippen LogP) is 2.55. The minimum atomic E-state index is -0.00688. The summed E-state index contributed by atoms with van der Waals surface area (Å²) in [6.45, 7) is 2.27. The largest absolute Gasteiger partial charge is 0.467 e. The topological polar surface area (TPSA) is 57.5 Å². The summed E-state index contributed by atoms with van der Waals surface area (Å²) in [5, 5.41) is 7.05. The highest BCUT2D eigenvalue weighted by Gasteiger charge is 2.22. The molecule has 2 aromatic rings. The Labute approximate surface area is 147 Å². The molecule has 1 amide bonds. The zero-order valence-corrected chi connectivity index (χ0v) is 14.2. The van der Waals surface area contributed by atoms with Crippen LogP contribution in [-0.2, 0) is 6.54 Å². The first-order valence-corrected chi connectivity index (χ1v) is 8.54. The molecule has 0 saturated carbocycles. The molecule has 1 aliphatic heterocycles. The molecule has 3 rings (SSSR count). The maximum Gasteiger partial charge on any atom is 0.251 e. The summed E-state index contributed by atoms with van der Waals surface area (Å²) < 4.78 is 5.29. The molecule has 0 radical (unpaired) electrons. The quantitative estimate of drug-likeness (QED) is 0.836. The van der Waals surface area contributed by atoms with Crippen molar-refractivity contribution in [3.05, 3.63) is 60.1 Å². The van der Waals surface area contributed by atoms with Crippen molar-refractivity contribution in [1.82, 2.24) is 15.5 Å². The van der Waals surface area contributed by atoms with Crippen molar-refractivity contribution in [2.24, 2.45) is 0 Å². The Morgan fingerprint density at radius 1 is 1.17 bits per heavy atom. The predicted molar refractivity (Wildman–Crippen MR) is 96.6 cm³/mol. The van der Waals surface area contributed by atoms with E-state index in [4.69, 9.17) is 16.6 Å². The van der Waals surface area contributed by atoms with Crippen molar-refractivity contribution in [3.63, 3.8) is 0 Å². The van der Waals surface area contributed by atoms with Gasteiger partial charge < -0.3 is 20.0 Å². The van der Waals surface area contributed by atoms with Gasteiger partial charge in [0.1, 0.15) is 5.76 Å². The smallest absolute Gasteiger partial charge is 0.251 e. The number of nitrogens with one attached hydrogen (secondary N) is 2. The fraction of sp³-hybridized carbons (Fsp3) is 0.333. The summed E-state index contributed by atoms with van der Waals surface area (Å²) in [7, 11) is 0. The summed E-state index contributed by atoms with van der Waals surface area (Å²) in [5.74, 6) is 0.856. The van der Waals surface area contributed by atoms with Crippen molar-refractivity contribution in [3.8, 4) is 0 Å². The number of hydrogen-bond donors (Lipinski definition) is 2. The third-order valence-corrected chi connectivity index (χ3v) is 4.55. The molecule has 0 bridgehead atoms. The van der Waals surface area contributed by atoms with Crippen LogP contribution in [0, 0.1) is 0 Å². The highest BCUT2D eigenvalue weighted by molar-refractivity contribution is 7.80. The monoisotopic (exact) mass is 343 g/mol. The maximum absolute atomic E-state index is 12.2. The second-order valence-corrected chi connectivity index (χ2v) is 6.23. The number of carbonyl (C=O) groups excluding carboxylic acids is 1. The zero-order chi connectivity index (χ0) is 16.8. The molecule has 1 saturated heterocycles. The number of amides is 1. The van der Waals surface area contributed by atoms with Crippen molar-refractivity contribution in [2.45, 2.75) is 25.4 Å². The van der Waals surface area contributed by atoms with Gasteiger partial charge in [-0.05, 0) is 49.3 Å². The molecule has 0 unspecified atom stereocenters. The van der Waals surface area contributed by atoms with E-state index in [1.54, 1.807) is 6.26 Å². The van der Waals surface area contributed by atoms with E-state index < -0.39 is 0 Å². The lowest BCUT2D eigenvalue weighted by Crippen LogP contribution is -2.49. The first-order chi connectivity index (χ1) is 11.7. The first-order valence-electron chi connectivity index (χ1n) is 8.13. The Hall–Kier alpha value is -2.34. The fourth-order valence-electron chi connectivity index (χ4n) is 2.77. The van der Waals surface area contributed by atoms with Gasteiger partial charge in [0.25, 0.3) is 5.91 Å². The van der Waals surface area contributed by atoms with Gasteiger partial charge in [-0.2, -0.15) is 0 Å². The van der Waals surface area contributed by atoms with Crippen molar-refractivity contribution in [1.29, 1.82) is 0 Å². The third kappa shape index (κ3) is 4.35. The van der Waals surface area contributed by atoms with Crippen LogP contribution in [0.25, 0.3) is 0 Å². The molecule has 126 valence electrons. The van der Waals surface area contributed by atoms with Gasteiger partial charge in [-0.15, -0.1) is 0 Å². The van der Waals surface area contributed by atoms with Gasteiger partial charge in [0.15, 0.2) is 5.11 Å². The molecule has 1 fully saturated rings. The van der Waals surface area contributed by atoms with E-state index >= 15 is 0 Å². The molecular formula is C18H21N3O2S. The van der Waals surface area contributed by atoms with E-state index in [0.29, 0.717) is 12.1 Å². The standard InChI is InChI=1S/C18H21N3O2S/c22-17(14-5-2-1-3-6-14)20-15-8-10-21(11-9-15)18(24)19-13-16-7-4-12-23-16/h1-7,12,15H,8-11,13H2,(H,19,24)(H,20,22). The summed E-state index contributed by atoms with van der Waals surface area (Å²) in [6.07, 6.45) is 3.43. The molecule has 2 N–H and O–H groups in total. The molecule has 1 aliphatic rings. The Morgan fingerprint density at radius 3 is 2.58 bits per heavy atom. The van der Waals surface area contributed by atoms with Crippen molar-refractivity contribution >= 4 is 23.2 Å². The van der Waals surface area contributed by atoms with Gasteiger partial charge in [-0.1, -0.05) is 18.2 Å². The maximum atomic E-state index is 12.2. The number of benzene rings is 1. The Balaban J connectivity index is 1.42. The highest BCUT2D eigenvalue weighted by Crippen LogP contribution is 2.12. The van der Waals surface area contributed by atoms with E-state index in [0.717, 1.165) is 36.8 Å². The minimum Gasteiger partial charge on any atom is -0.467 e. The van der Waals surface area contributed by atoms with Gasteiger partial charge in [0.2, 0.25) is 0 Å². The second-order valence-electron chi connectivity index (χ2n) is 5.84. The SMILES string of the molecule is O=C(NC1CCN(C(=S)NCc2ccco2)CC1)c1ccccc1. The number of rotatable bonds is 4. The normalized spacial score (nSPS) is 15.1. The van der Waals surface area contributed by atoms with Crippen LogP contribution in [0.2, 0.25) is 0 Å². The van der Waals surface area contributed by atoms with Crippen molar-refractivity contribution < 1.29 is 9.21 Å². The number of carbonyl (C=O) groups is 1. The van der Waals surface area contributed by atoms with Crippen LogP contribution in [0.4, 0.5) is 0 Å². The van der Waals surface area contributed by atoms with Crippen LogP contribution in [0.1, 0.15) is 29.0 Å². The Bertz CT molecular complexity index is 665. The molecular weight excluding hydrogens is 322 g/mol. The van der Waals surface area contributed by atoms with E-state index in [-0.39, 0.29) is 11.9 Å². The number of piperidine rings is 1. The van der Waals surface area contributed by atoms with Crippen LogP contribution >= 0.6 is 12.2 Å². The fourth-order valence-corrected chi connectivity index (χ4v) is 3.03. The zero-order valence-electron chi connectivity index (χ0n) is 13.4. The highest BCUT2D eigenvalue weighted by atomic mass is 32.1. The Morgan fingerprint density at radius 2 is 1.92 bits per heavy atom. The third-order valence-electron chi connectivity index (χ3n) is 4.15. The lowest BCUT2D eigenvalue weighted by Gasteiger charge is -2.34. The molecule has 1 aromatic heterocycles. The molecule has 0 aliphatic carbocycles. The lowest BCUT2D eigenvalue weighted by atomic mass is 10.0. The molecule has 6 heteroatoms. The van der Waals surface area contributed by atoms with Gasteiger partial charge in [-0.25, -0.2) is 0 Å². The van der Waals surface area contributed by atoms with Gasteiger partial charge in [-0.3, -0.25) is 4.79 Å². The minimum absolute atomic E-state index is 0.00688. The first kappa shape index (κ1) is 16.5. The lowest BCUT2D eigenvalue weighted by molar-refractivity contribution is 0.0922. The van der Waals surface area contributed by atoms with Crippen LogP contribution in [0.15, 0.2) is 53.1 Å². The second kappa shape index (κ2) is 7.97. The Kier molecular flexibility index (Phi) is 5.48. The van der Waals surface area contributed by atoms with E-state index in [9.17, 15) is 4.79 Å². The molecule has 0 atom stereocenters. The molecule has 24 heavy (non-hydrogen) atoms. The number of hydrogen-bond acceptors (Lipinski definition) is 3. The average Bonchev–Trinajstić information content (AvgIpc) is 3.14. The van der Waals surface area contributed by atoms with Gasteiger partial charge >= 0.3 is 0 Å². The molecule has 2 heterocycles. The van der Waals surface area contributed by atoms with Crippen LogP contribution < -0.4 is 10.6 Å². The van der Waals surface area contributed by atoms with Crippen LogP contribution in [-0.4, -0.2) is 35.1 Å². The molecule has 5 nitrogen and oxygen atoms in total. The van der Waals surface area contributed by atoms with Gasteiger partial charge in [0, 0.05) is 24.7 Å².